The average molecular weight is 235 g/mol. The zero-order chi connectivity index (χ0) is 12.1. The van der Waals surface area contributed by atoms with E-state index in [9.17, 15) is 0 Å². The first-order valence-corrected chi connectivity index (χ1v) is 7.75. The van der Waals surface area contributed by atoms with Crippen molar-refractivity contribution in [3.63, 3.8) is 0 Å². The summed E-state index contributed by atoms with van der Waals surface area (Å²) in [6.07, 6.45) is 13.8. The molecule has 0 amide bonds. The Labute approximate surface area is 107 Å². The van der Waals surface area contributed by atoms with E-state index in [1.54, 1.807) is 5.57 Å². The first-order chi connectivity index (χ1) is 8.33. The van der Waals surface area contributed by atoms with Crippen LogP contribution >= 0.6 is 0 Å². The van der Waals surface area contributed by atoms with Crippen molar-refractivity contribution in [2.24, 2.45) is 11.8 Å². The molecule has 2 aliphatic carbocycles. The Kier molecular flexibility index (Phi) is 5.09. The second-order valence-corrected chi connectivity index (χ2v) is 5.96. The summed E-state index contributed by atoms with van der Waals surface area (Å²) in [6.45, 7) is 5.82. The highest BCUT2D eigenvalue weighted by atomic mass is 14.9. The molecule has 0 aromatic heterocycles. The molecule has 98 valence electrons. The third kappa shape index (κ3) is 3.84. The molecule has 1 nitrogen and oxygen atoms in total. The molecule has 2 aliphatic rings. The summed E-state index contributed by atoms with van der Waals surface area (Å²) < 4.78 is 0. The van der Waals surface area contributed by atoms with Gasteiger partial charge in [-0.1, -0.05) is 38.3 Å². The third-order valence-electron chi connectivity index (χ3n) is 4.54. The van der Waals surface area contributed by atoms with Crippen LogP contribution in [0.25, 0.3) is 0 Å². The van der Waals surface area contributed by atoms with Gasteiger partial charge in [-0.2, -0.15) is 0 Å². The molecule has 0 bridgehead atoms. The number of rotatable bonds is 5. The van der Waals surface area contributed by atoms with Gasteiger partial charge in [-0.3, -0.25) is 0 Å². The van der Waals surface area contributed by atoms with Crippen molar-refractivity contribution in [1.29, 1.82) is 0 Å². The number of hydrogen-bond acceptors (Lipinski definition) is 1. The Morgan fingerprint density at radius 1 is 1.24 bits per heavy atom. The van der Waals surface area contributed by atoms with E-state index in [4.69, 9.17) is 0 Å². The van der Waals surface area contributed by atoms with E-state index >= 15 is 0 Å². The monoisotopic (exact) mass is 235 g/mol. The van der Waals surface area contributed by atoms with Crippen molar-refractivity contribution in [2.45, 2.75) is 71.3 Å². The number of likely N-dealkylation sites (N-methyl/N-ethyl adjacent to an activating group) is 1. The van der Waals surface area contributed by atoms with E-state index in [0.29, 0.717) is 6.04 Å². The van der Waals surface area contributed by atoms with E-state index in [1.165, 1.54) is 51.4 Å². The van der Waals surface area contributed by atoms with E-state index < -0.39 is 0 Å². The van der Waals surface area contributed by atoms with Crippen LogP contribution in [0.4, 0.5) is 0 Å². The summed E-state index contributed by atoms with van der Waals surface area (Å²) in [5.41, 5.74) is 1.73. The summed E-state index contributed by atoms with van der Waals surface area (Å²) in [5, 5.41) is 3.75. The highest BCUT2D eigenvalue weighted by Gasteiger charge is 2.34. The molecule has 0 aromatic rings. The largest absolute Gasteiger partial charge is 0.310 e. The van der Waals surface area contributed by atoms with Crippen LogP contribution in [0.2, 0.25) is 0 Å². The Balaban J connectivity index is 2.01. The minimum atomic E-state index is 0.672. The SMILES string of the molecule is CCNC(C1=CCCCCCC1)C(C)C1CC1. The summed E-state index contributed by atoms with van der Waals surface area (Å²) in [6, 6.07) is 0.672. The maximum Gasteiger partial charge on any atom is 0.0307 e. The van der Waals surface area contributed by atoms with Crippen LogP contribution in [0.1, 0.15) is 65.2 Å². The van der Waals surface area contributed by atoms with Crippen molar-refractivity contribution in [3.8, 4) is 0 Å². The quantitative estimate of drug-likeness (QED) is 0.701. The van der Waals surface area contributed by atoms with Crippen molar-refractivity contribution in [3.05, 3.63) is 11.6 Å². The topological polar surface area (TPSA) is 12.0 Å². The molecule has 1 saturated carbocycles. The molecule has 17 heavy (non-hydrogen) atoms. The van der Waals surface area contributed by atoms with Crippen LogP contribution in [0.3, 0.4) is 0 Å². The fourth-order valence-corrected chi connectivity index (χ4v) is 3.27. The summed E-state index contributed by atoms with van der Waals surface area (Å²) in [5.74, 6) is 1.85. The highest BCUT2D eigenvalue weighted by molar-refractivity contribution is 5.14. The Morgan fingerprint density at radius 2 is 2.00 bits per heavy atom. The summed E-state index contributed by atoms with van der Waals surface area (Å²) in [7, 11) is 0. The predicted octanol–water partition coefficient (Wildman–Crippen LogP) is 4.29. The van der Waals surface area contributed by atoms with Gasteiger partial charge in [0.25, 0.3) is 0 Å². The van der Waals surface area contributed by atoms with Crippen LogP contribution < -0.4 is 5.32 Å². The molecular formula is C16H29N. The molecule has 2 atom stereocenters. The van der Waals surface area contributed by atoms with Gasteiger partial charge in [-0.15, -0.1) is 0 Å². The molecule has 1 heteroatoms. The van der Waals surface area contributed by atoms with Crippen LogP contribution in [-0.4, -0.2) is 12.6 Å². The maximum atomic E-state index is 3.75. The predicted molar refractivity (Wildman–Crippen MR) is 75.1 cm³/mol. The smallest absolute Gasteiger partial charge is 0.0307 e. The zero-order valence-corrected chi connectivity index (χ0v) is 11.7. The van der Waals surface area contributed by atoms with Gasteiger partial charge in [0.2, 0.25) is 0 Å². The van der Waals surface area contributed by atoms with Crippen LogP contribution in [0.5, 0.6) is 0 Å². The van der Waals surface area contributed by atoms with Crippen LogP contribution in [-0.2, 0) is 0 Å². The fraction of sp³-hybridized carbons (Fsp3) is 0.875. The normalized spacial score (nSPS) is 25.6. The lowest BCUT2D eigenvalue weighted by Crippen LogP contribution is -2.37. The van der Waals surface area contributed by atoms with Gasteiger partial charge in [0, 0.05) is 6.04 Å². The van der Waals surface area contributed by atoms with Crippen molar-refractivity contribution in [1.82, 2.24) is 5.32 Å². The zero-order valence-electron chi connectivity index (χ0n) is 11.7. The van der Waals surface area contributed by atoms with Crippen molar-refractivity contribution in [2.75, 3.05) is 6.54 Å². The second-order valence-electron chi connectivity index (χ2n) is 5.96. The molecule has 1 N–H and O–H groups in total. The Hall–Kier alpha value is -0.300. The first kappa shape index (κ1) is 13.1. The minimum absolute atomic E-state index is 0.672. The molecule has 0 heterocycles. The van der Waals surface area contributed by atoms with Crippen molar-refractivity contribution < 1.29 is 0 Å². The lowest BCUT2D eigenvalue weighted by Gasteiger charge is -2.28. The summed E-state index contributed by atoms with van der Waals surface area (Å²) in [4.78, 5) is 0. The van der Waals surface area contributed by atoms with Gasteiger partial charge in [-0.25, -0.2) is 0 Å². The molecule has 0 spiro atoms. The first-order valence-electron chi connectivity index (χ1n) is 7.75. The second kappa shape index (κ2) is 6.58. The van der Waals surface area contributed by atoms with E-state index in [0.717, 1.165) is 18.4 Å². The highest BCUT2D eigenvalue weighted by Crippen LogP contribution is 2.40. The average Bonchev–Trinajstić information content (AvgIpc) is 3.09. The molecule has 0 saturated heterocycles. The van der Waals surface area contributed by atoms with Crippen LogP contribution in [0.15, 0.2) is 11.6 Å². The molecule has 0 radical (unpaired) electrons. The van der Waals surface area contributed by atoms with Gasteiger partial charge in [-0.05, 0) is 56.9 Å². The van der Waals surface area contributed by atoms with Crippen molar-refractivity contribution >= 4 is 0 Å². The number of hydrogen-bond donors (Lipinski definition) is 1. The van der Waals surface area contributed by atoms with E-state index in [-0.39, 0.29) is 0 Å². The number of allylic oxidation sites excluding steroid dienone is 1. The van der Waals surface area contributed by atoms with Gasteiger partial charge in [0.05, 0.1) is 0 Å². The van der Waals surface area contributed by atoms with Gasteiger partial charge >= 0.3 is 0 Å². The van der Waals surface area contributed by atoms with Gasteiger partial charge < -0.3 is 5.32 Å². The minimum Gasteiger partial charge on any atom is -0.310 e. The lowest BCUT2D eigenvalue weighted by atomic mass is 9.86. The standard InChI is InChI=1S/C16H29N/c1-3-17-16(13(2)14-11-12-14)15-9-7-5-4-6-8-10-15/h9,13-14,16-17H,3-8,10-12H2,1-2H3. The number of nitrogens with one attached hydrogen (secondary N) is 1. The lowest BCUT2D eigenvalue weighted by molar-refractivity contribution is 0.373. The fourth-order valence-electron chi connectivity index (χ4n) is 3.27. The molecule has 0 aromatic carbocycles. The van der Waals surface area contributed by atoms with E-state index in [2.05, 4.69) is 25.2 Å². The molecular weight excluding hydrogens is 206 g/mol. The Morgan fingerprint density at radius 3 is 2.71 bits per heavy atom. The van der Waals surface area contributed by atoms with E-state index in [1.807, 2.05) is 0 Å². The maximum absolute atomic E-state index is 3.75. The molecule has 2 unspecified atom stereocenters. The summed E-state index contributed by atoms with van der Waals surface area (Å²) >= 11 is 0. The molecule has 0 aliphatic heterocycles. The third-order valence-corrected chi connectivity index (χ3v) is 4.54. The van der Waals surface area contributed by atoms with Gasteiger partial charge in [0.1, 0.15) is 0 Å². The van der Waals surface area contributed by atoms with Gasteiger partial charge in [0.15, 0.2) is 0 Å². The molecule has 2 rings (SSSR count). The molecule has 1 fully saturated rings. The van der Waals surface area contributed by atoms with Crippen LogP contribution in [0, 0.1) is 11.8 Å². The Bertz CT molecular complexity index is 252.